The van der Waals surface area contributed by atoms with E-state index >= 15 is 0 Å². The molecule has 0 aliphatic heterocycles. The molecule has 11 heteroatoms. The van der Waals surface area contributed by atoms with Crippen molar-refractivity contribution < 1.29 is 26.3 Å². The van der Waals surface area contributed by atoms with Gasteiger partial charge in [0.05, 0.1) is 62.5 Å². The molecule has 11 rings (SSSR count). The fourth-order valence-corrected chi connectivity index (χ4v) is 9.52. The van der Waals surface area contributed by atoms with E-state index in [2.05, 4.69) is 12.1 Å². The fraction of sp³-hybridized carbons (Fsp3) is 0.0323. The van der Waals surface area contributed by atoms with Gasteiger partial charge in [0.1, 0.15) is 0 Å². The van der Waals surface area contributed by atoms with Gasteiger partial charge in [-0.3, -0.25) is 0 Å². The van der Waals surface area contributed by atoms with Crippen LogP contribution in [0.3, 0.4) is 0 Å². The van der Waals surface area contributed by atoms with E-state index in [0.29, 0.717) is 72.1 Å². The lowest BCUT2D eigenvalue weighted by atomic mass is 9.91. The molecule has 73 heavy (non-hydrogen) atoms. The summed E-state index contributed by atoms with van der Waals surface area (Å²) in [5.41, 5.74) is 6.74. The summed E-state index contributed by atoms with van der Waals surface area (Å²) in [7, 11) is 0. The second-order valence-electron chi connectivity index (χ2n) is 17.4. The second-order valence-corrected chi connectivity index (χ2v) is 17.4. The van der Waals surface area contributed by atoms with Crippen LogP contribution in [-0.4, -0.2) is 14.5 Å². The topological polar surface area (TPSA) is 78.3 Å². The van der Waals surface area contributed by atoms with Crippen molar-refractivity contribution >= 4 is 21.8 Å². The first kappa shape index (κ1) is 45.8. The molecule has 11 aromatic rings. The second kappa shape index (κ2) is 18.3. The molecule has 0 saturated heterocycles. The molecule has 2 aromatic heterocycles. The maximum atomic E-state index is 14.8. The molecule has 350 valence electrons. The average molecular weight is 964 g/mol. The first-order valence-corrected chi connectivity index (χ1v) is 23.0. The molecule has 0 fully saturated rings. The van der Waals surface area contributed by atoms with Crippen LogP contribution in [0.15, 0.2) is 212 Å². The molecule has 5 nitrogen and oxygen atoms in total. The van der Waals surface area contributed by atoms with Crippen LogP contribution in [0.4, 0.5) is 26.3 Å². The lowest BCUT2D eigenvalue weighted by Gasteiger charge is -2.22. The van der Waals surface area contributed by atoms with E-state index in [1.165, 1.54) is 12.1 Å². The van der Waals surface area contributed by atoms with Crippen molar-refractivity contribution in [3.05, 3.63) is 235 Å². The highest BCUT2D eigenvalue weighted by molar-refractivity contribution is 6.13. The van der Waals surface area contributed by atoms with Crippen LogP contribution in [0.25, 0.3) is 106 Å². The number of halogens is 6. The van der Waals surface area contributed by atoms with Gasteiger partial charge in [0.2, 0.25) is 0 Å². The van der Waals surface area contributed by atoms with E-state index in [1.54, 1.807) is 48.5 Å². The van der Waals surface area contributed by atoms with Crippen LogP contribution < -0.4 is 0 Å². The van der Waals surface area contributed by atoms with Gasteiger partial charge in [-0.25, -0.2) is 9.97 Å². The number of nitriles is 2. The van der Waals surface area contributed by atoms with Crippen LogP contribution in [0.1, 0.15) is 22.3 Å². The van der Waals surface area contributed by atoms with Crippen LogP contribution in [-0.2, 0) is 12.4 Å². The third kappa shape index (κ3) is 8.64. The Hall–Kier alpha value is -9.58. The highest BCUT2D eigenvalue weighted by atomic mass is 19.4. The van der Waals surface area contributed by atoms with E-state index in [0.717, 1.165) is 35.4 Å². The van der Waals surface area contributed by atoms with Gasteiger partial charge < -0.3 is 4.57 Å². The zero-order valence-electron chi connectivity index (χ0n) is 38.2. The number of fused-ring (bicyclic) bond motifs is 3. The van der Waals surface area contributed by atoms with Crippen LogP contribution in [0.2, 0.25) is 0 Å². The van der Waals surface area contributed by atoms with Crippen molar-refractivity contribution in [2.75, 3.05) is 0 Å². The average Bonchev–Trinajstić information content (AvgIpc) is 3.75. The van der Waals surface area contributed by atoms with Gasteiger partial charge in [-0.15, -0.1) is 0 Å². The predicted molar refractivity (Wildman–Crippen MR) is 274 cm³/mol. The Kier molecular flexibility index (Phi) is 11.5. The van der Waals surface area contributed by atoms with E-state index in [9.17, 15) is 36.9 Å². The van der Waals surface area contributed by atoms with E-state index in [-0.39, 0.29) is 33.8 Å². The minimum atomic E-state index is -4.76. The third-order valence-electron chi connectivity index (χ3n) is 12.9. The summed E-state index contributed by atoms with van der Waals surface area (Å²) < 4.78 is 90.8. The van der Waals surface area contributed by atoms with Crippen LogP contribution >= 0.6 is 0 Å². The maximum absolute atomic E-state index is 14.8. The Balaban J connectivity index is 1.30. The normalized spacial score (nSPS) is 11.7. The Morgan fingerprint density at radius 3 is 1.18 bits per heavy atom. The molecular formula is C62H35F6N5. The molecule has 2 heterocycles. The molecular weight excluding hydrogens is 929 g/mol. The van der Waals surface area contributed by atoms with Gasteiger partial charge in [0.25, 0.3) is 0 Å². The summed E-state index contributed by atoms with van der Waals surface area (Å²) in [6, 6.07) is 63.8. The number of rotatable bonds is 8. The zero-order chi connectivity index (χ0) is 50.4. The lowest BCUT2D eigenvalue weighted by Crippen LogP contribution is -2.07. The van der Waals surface area contributed by atoms with Crippen molar-refractivity contribution in [1.29, 1.82) is 10.5 Å². The number of benzene rings is 9. The zero-order valence-corrected chi connectivity index (χ0v) is 38.2. The highest BCUT2D eigenvalue weighted by Crippen LogP contribution is 2.47. The molecule has 0 N–H and O–H groups in total. The van der Waals surface area contributed by atoms with Crippen molar-refractivity contribution in [3.63, 3.8) is 0 Å². The number of nitrogens with zero attached hydrogens (tertiary/aromatic N) is 5. The Bertz CT molecular complexity index is 3780. The largest absolute Gasteiger partial charge is 0.416 e. The minimum Gasteiger partial charge on any atom is -0.308 e. The molecule has 0 aliphatic carbocycles. The van der Waals surface area contributed by atoms with E-state index in [1.807, 2.05) is 132 Å². The number of hydrogen-bond acceptors (Lipinski definition) is 4. The van der Waals surface area contributed by atoms with Gasteiger partial charge in [-0.05, 0) is 112 Å². The van der Waals surface area contributed by atoms with E-state index in [4.69, 9.17) is 9.97 Å². The SMILES string of the molecule is N#Cc1ccccc1-c1ccc2c(c1)c1cc(-c3ccccc3C#N)ccc1n2-c1c(-c2cccc(C(F)(F)F)c2)cc(-c2nc(-c3ccccc3)cc(-c3ccccc3)n2)cc1-c1cccc(C(F)(F)F)c1. The number of alkyl halides is 6. The summed E-state index contributed by atoms with van der Waals surface area (Å²) in [6.07, 6.45) is -9.51. The van der Waals surface area contributed by atoms with Crippen LogP contribution in [0, 0.1) is 22.7 Å². The quantitative estimate of drug-likeness (QED) is 0.142. The van der Waals surface area contributed by atoms with Gasteiger partial charge in [-0.1, -0.05) is 133 Å². The van der Waals surface area contributed by atoms with E-state index < -0.39 is 23.5 Å². The van der Waals surface area contributed by atoms with Gasteiger partial charge >= 0.3 is 12.4 Å². The summed E-state index contributed by atoms with van der Waals surface area (Å²) in [6.45, 7) is 0. The highest BCUT2D eigenvalue weighted by Gasteiger charge is 2.33. The van der Waals surface area contributed by atoms with Crippen molar-refractivity contribution in [1.82, 2.24) is 14.5 Å². The molecule has 0 radical (unpaired) electrons. The molecule has 0 atom stereocenters. The van der Waals surface area contributed by atoms with Gasteiger partial charge in [-0.2, -0.15) is 36.9 Å². The van der Waals surface area contributed by atoms with Gasteiger partial charge in [0.15, 0.2) is 5.82 Å². The predicted octanol–water partition coefficient (Wildman–Crippen LogP) is 17.0. The Morgan fingerprint density at radius 1 is 0.356 bits per heavy atom. The van der Waals surface area contributed by atoms with Gasteiger partial charge in [0, 0.05) is 38.6 Å². The molecule has 0 amide bonds. The summed E-state index contributed by atoms with van der Waals surface area (Å²) in [5, 5.41) is 21.7. The fourth-order valence-electron chi connectivity index (χ4n) is 9.52. The Labute approximate surface area is 414 Å². The monoisotopic (exact) mass is 963 g/mol. The van der Waals surface area contributed by atoms with Crippen molar-refractivity contribution in [3.8, 4) is 96.2 Å². The summed E-state index contributed by atoms with van der Waals surface area (Å²) in [4.78, 5) is 10.1. The summed E-state index contributed by atoms with van der Waals surface area (Å²) >= 11 is 0. The third-order valence-corrected chi connectivity index (χ3v) is 12.9. The Morgan fingerprint density at radius 2 is 0.753 bits per heavy atom. The lowest BCUT2D eigenvalue weighted by molar-refractivity contribution is -0.138. The molecule has 9 aromatic carbocycles. The maximum Gasteiger partial charge on any atom is 0.416 e. The first-order valence-electron chi connectivity index (χ1n) is 23.0. The summed E-state index contributed by atoms with van der Waals surface area (Å²) in [5.74, 6) is 0.178. The molecule has 0 spiro atoms. The minimum absolute atomic E-state index is 0.122. The molecule has 0 aliphatic rings. The molecule has 0 unspecified atom stereocenters. The standard InChI is InChI=1S/C62H35F6N5/c63-61(64,65)47-21-11-19-40(29-47)51-33-46(60-71-55(38-13-3-1-4-14-38)35-56(72-60)39-15-5-2-6-16-39)34-52(41-20-12-22-48(30-41)62(66,67)68)59(51)73-57-27-25-42(49-23-9-7-17-44(49)36-69)31-53(57)54-32-43(26-28-58(54)73)50-24-10-8-18-45(50)37-70/h1-35H. The van der Waals surface area contributed by atoms with Crippen LogP contribution in [0.5, 0.6) is 0 Å². The molecule has 0 saturated carbocycles. The number of aromatic nitrogens is 3. The van der Waals surface area contributed by atoms with Crippen molar-refractivity contribution in [2.24, 2.45) is 0 Å². The van der Waals surface area contributed by atoms with Crippen molar-refractivity contribution in [2.45, 2.75) is 12.4 Å². The smallest absolute Gasteiger partial charge is 0.308 e. The molecule has 0 bridgehead atoms. The number of hydrogen-bond donors (Lipinski definition) is 0. The first-order chi connectivity index (χ1) is 35.4.